The van der Waals surface area contributed by atoms with Crippen LogP contribution in [0.2, 0.25) is 0 Å². The van der Waals surface area contributed by atoms with Crippen molar-refractivity contribution in [1.82, 2.24) is 9.97 Å². The van der Waals surface area contributed by atoms with Crippen molar-refractivity contribution in [2.75, 3.05) is 4.90 Å². The minimum Gasteiger partial charge on any atom is -0.436 e. The van der Waals surface area contributed by atoms with Gasteiger partial charge in [-0.25, -0.2) is 9.97 Å². The van der Waals surface area contributed by atoms with Gasteiger partial charge in [0.05, 0.1) is 13.0 Å². The molecule has 0 aliphatic heterocycles. The van der Waals surface area contributed by atoms with E-state index in [9.17, 15) is 6.63 Å². The van der Waals surface area contributed by atoms with Crippen molar-refractivity contribution in [2.45, 2.75) is 0 Å². The number of oxazole rings is 2. The maximum absolute atomic E-state index is 9.43. The standard InChI is InChI=1S/C47H28N4O2/c48-29-30-14-21-41-35(24-30)12-7-13-40(41)36-16-15-34-26-37(18-17-33(34)25-36)51(38-19-22-42-44(27-38)52-46(49-42)31-8-3-1-4-9-31)39-20-23-43-45(28-39)53-47(50-43)32-10-5-2-6-11-32/h1-28H/i17D. The molecule has 8 aromatic carbocycles. The van der Waals surface area contributed by atoms with Crippen molar-refractivity contribution in [3.05, 3.63) is 175 Å². The average Bonchev–Trinajstić information content (AvgIpc) is 3.86. The highest BCUT2D eigenvalue weighted by Gasteiger charge is 2.19. The Bertz CT molecular complexity index is 2970. The van der Waals surface area contributed by atoms with E-state index in [1.165, 1.54) is 0 Å². The Kier molecular flexibility index (Phi) is 6.83. The summed E-state index contributed by atoms with van der Waals surface area (Å²) in [5.74, 6) is 1.11. The van der Waals surface area contributed by atoms with Crippen molar-refractivity contribution in [2.24, 2.45) is 0 Å². The molecule has 0 atom stereocenters. The van der Waals surface area contributed by atoms with Gasteiger partial charge in [-0.3, -0.25) is 0 Å². The molecular formula is C47H28N4O2. The van der Waals surface area contributed by atoms with Gasteiger partial charge in [-0.05, 0) is 112 Å². The van der Waals surface area contributed by atoms with Gasteiger partial charge < -0.3 is 13.7 Å². The monoisotopic (exact) mass is 681 g/mol. The zero-order valence-corrected chi connectivity index (χ0v) is 28.2. The zero-order valence-electron chi connectivity index (χ0n) is 29.2. The van der Waals surface area contributed by atoms with Crippen molar-refractivity contribution in [3.8, 4) is 40.1 Å². The number of anilines is 3. The number of nitriles is 1. The summed E-state index contributed by atoms with van der Waals surface area (Å²) in [6, 6.07) is 56.4. The van der Waals surface area contributed by atoms with Crippen LogP contribution in [-0.4, -0.2) is 9.97 Å². The predicted octanol–water partition coefficient (Wildman–Crippen LogP) is 12.6. The summed E-state index contributed by atoms with van der Waals surface area (Å²) < 4.78 is 22.0. The number of hydrogen-bond donors (Lipinski definition) is 0. The average molecular weight is 682 g/mol. The van der Waals surface area contributed by atoms with E-state index in [2.05, 4.69) is 41.3 Å². The van der Waals surface area contributed by atoms with Crippen molar-refractivity contribution in [1.29, 1.82) is 5.26 Å². The summed E-state index contributed by atoms with van der Waals surface area (Å²) in [5.41, 5.74) is 9.77. The van der Waals surface area contributed by atoms with Crippen molar-refractivity contribution >= 4 is 60.8 Å². The lowest BCUT2D eigenvalue weighted by atomic mass is 9.95. The van der Waals surface area contributed by atoms with Crippen LogP contribution in [0.3, 0.4) is 0 Å². The van der Waals surface area contributed by atoms with Crippen LogP contribution in [-0.2, 0) is 0 Å². The van der Waals surface area contributed by atoms with Gasteiger partial charge in [-0.2, -0.15) is 5.26 Å². The molecule has 2 aromatic heterocycles. The third-order valence-corrected chi connectivity index (χ3v) is 9.61. The minimum atomic E-state index is 0.389. The fourth-order valence-corrected chi connectivity index (χ4v) is 7.02. The first-order valence-corrected chi connectivity index (χ1v) is 17.3. The Labute approximate surface area is 305 Å². The summed E-state index contributed by atoms with van der Waals surface area (Å²) >= 11 is 0. The van der Waals surface area contributed by atoms with Crippen LogP contribution < -0.4 is 4.90 Å². The van der Waals surface area contributed by atoms with Gasteiger partial charge in [0.25, 0.3) is 0 Å². The van der Waals surface area contributed by atoms with Gasteiger partial charge in [-0.15, -0.1) is 0 Å². The number of rotatable bonds is 6. The summed E-state index contributed by atoms with van der Waals surface area (Å²) in [7, 11) is 0. The van der Waals surface area contributed by atoms with Gasteiger partial charge in [0.1, 0.15) is 11.0 Å². The summed E-state index contributed by atoms with van der Waals surface area (Å²) in [5, 5.41) is 13.3. The van der Waals surface area contributed by atoms with Gasteiger partial charge in [0.2, 0.25) is 11.8 Å². The summed E-state index contributed by atoms with van der Waals surface area (Å²) in [6.45, 7) is 0. The van der Waals surface area contributed by atoms with E-state index in [1.807, 2.05) is 133 Å². The van der Waals surface area contributed by atoms with Crippen LogP contribution in [0, 0.1) is 11.3 Å². The molecule has 0 unspecified atom stereocenters. The molecule has 6 nitrogen and oxygen atoms in total. The molecule has 248 valence electrons. The predicted molar refractivity (Wildman–Crippen MR) is 212 cm³/mol. The second kappa shape index (κ2) is 12.4. The van der Waals surface area contributed by atoms with Gasteiger partial charge in [-0.1, -0.05) is 78.8 Å². The number of hydrogen-bond acceptors (Lipinski definition) is 6. The topological polar surface area (TPSA) is 79.1 Å². The van der Waals surface area contributed by atoms with E-state index in [0.717, 1.165) is 71.9 Å². The second-order valence-electron chi connectivity index (χ2n) is 12.9. The molecule has 0 saturated carbocycles. The first-order chi connectivity index (χ1) is 26.6. The Morgan fingerprint density at radius 1 is 0.509 bits per heavy atom. The minimum absolute atomic E-state index is 0.389. The fraction of sp³-hybridized carbons (Fsp3) is 0. The molecule has 0 aliphatic carbocycles. The second-order valence-corrected chi connectivity index (χ2v) is 12.9. The highest BCUT2D eigenvalue weighted by molar-refractivity contribution is 6.00. The maximum atomic E-state index is 9.43. The highest BCUT2D eigenvalue weighted by atomic mass is 16.4. The molecule has 0 saturated heterocycles. The van der Waals surface area contributed by atoms with Gasteiger partial charge in [0.15, 0.2) is 11.2 Å². The molecule has 0 bridgehead atoms. The van der Waals surface area contributed by atoms with Crippen LogP contribution in [0.4, 0.5) is 17.1 Å². The quantitative estimate of drug-likeness (QED) is 0.174. The largest absolute Gasteiger partial charge is 0.436 e. The first kappa shape index (κ1) is 29.3. The van der Waals surface area contributed by atoms with E-state index >= 15 is 0 Å². The molecule has 10 rings (SSSR count). The summed E-state index contributed by atoms with van der Waals surface area (Å²) in [6.07, 6.45) is 0. The third-order valence-electron chi connectivity index (χ3n) is 9.61. The molecule has 0 aliphatic rings. The van der Waals surface area contributed by atoms with Crippen LogP contribution in [0.25, 0.3) is 77.8 Å². The lowest BCUT2D eigenvalue weighted by Crippen LogP contribution is -2.09. The molecule has 0 amide bonds. The van der Waals surface area contributed by atoms with Crippen LogP contribution >= 0.6 is 0 Å². The van der Waals surface area contributed by atoms with Gasteiger partial charge >= 0.3 is 0 Å². The SMILES string of the molecule is [2H]c1cc(N(c2ccc3nc(-c4ccccc4)oc3c2)c2ccc3nc(-c4ccccc4)oc3c2)cc2ccc(-c3cccc4cc(C#N)ccc34)cc12. The summed E-state index contributed by atoms with van der Waals surface area (Å²) in [4.78, 5) is 11.6. The van der Waals surface area contributed by atoms with E-state index in [-0.39, 0.29) is 0 Å². The number of benzene rings is 8. The molecule has 0 spiro atoms. The number of aromatic nitrogens is 2. The van der Waals surface area contributed by atoms with E-state index in [1.54, 1.807) is 0 Å². The molecule has 6 heteroatoms. The number of fused-ring (bicyclic) bond motifs is 4. The molecule has 53 heavy (non-hydrogen) atoms. The molecule has 2 heterocycles. The zero-order chi connectivity index (χ0) is 36.2. The Morgan fingerprint density at radius 3 is 1.79 bits per heavy atom. The van der Waals surface area contributed by atoms with E-state index < -0.39 is 0 Å². The van der Waals surface area contributed by atoms with Crippen molar-refractivity contribution in [3.63, 3.8) is 0 Å². The molecule has 0 radical (unpaired) electrons. The Balaban J connectivity index is 1.11. The normalized spacial score (nSPS) is 11.6. The first-order valence-electron chi connectivity index (χ1n) is 17.8. The van der Waals surface area contributed by atoms with Crippen LogP contribution in [0.15, 0.2) is 179 Å². The Morgan fingerprint density at radius 2 is 1.15 bits per heavy atom. The highest BCUT2D eigenvalue weighted by Crippen LogP contribution is 2.40. The smallest absolute Gasteiger partial charge is 0.227 e. The maximum Gasteiger partial charge on any atom is 0.227 e. The lowest BCUT2D eigenvalue weighted by Gasteiger charge is -2.25. The Hall–Kier alpha value is -7.49. The third kappa shape index (κ3) is 5.45. The van der Waals surface area contributed by atoms with E-state index in [4.69, 9.17) is 18.8 Å². The molecular weight excluding hydrogens is 653 g/mol. The fourth-order valence-electron chi connectivity index (χ4n) is 7.02. The van der Waals surface area contributed by atoms with Gasteiger partial charge in [0, 0.05) is 40.3 Å². The van der Waals surface area contributed by atoms with Crippen LogP contribution in [0.1, 0.15) is 6.93 Å². The number of nitrogens with zero attached hydrogens (tertiary/aromatic N) is 4. The molecule has 10 aromatic rings. The lowest BCUT2D eigenvalue weighted by molar-refractivity contribution is 0.620. The van der Waals surface area contributed by atoms with Crippen LogP contribution in [0.5, 0.6) is 0 Å². The molecule has 0 N–H and O–H groups in total. The van der Waals surface area contributed by atoms with Crippen molar-refractivity contribution < 1.29 is 10.2 Å². The molecule has 0 fully saturated rings. The van der Waals surface area contributed by atoms with E-state index in [0.29, 0.717) is 34.6 Å².